The minimum Gasteiger partial charge on any atom is -0.413 e. The molecule has 0 N–H and O–H groups in total. The highest BCUT2D eigenvalue weighted by Crippen LogP contribution is 2.38. The summed E-state index contributed by atoms with van der Waals surface area (Å²) in [7, 11) is -3.27. The Morgan fingerprint density at radius 2 is 1.83 bits per heavy atom. The van der Waals surface area contributed by atoms with E-state index in [4.69, 9.17) is 4.43 Å². The van der Waals surface area contributed by atoms with Crippen LogP contribution >= 0.6 is 0 Å². The van der Waals surface area contributed by atoms with Crippen LogP contribution in [0.4, 0.5) is 0 Å². The summed E-state index contributed by atoms with van der Waals surface area (Å²) in [5, 5.41) is 0. The maximum atomic E-state index is 13.3. The summed E-state index contributed by atoms with van der Waals surface area (Å²) in [5.41, 5.74) is 3.53. The second-order valence-corrected chi connectivity index (χ2v) is 19.6. The molecular weight excluding hydrogens is 390 g/mol. The van der Waals surface area contributed by atoms with Gasteiger partial charge in [-0.15, -0.1) is 5.54 Å². The van der Waals surface area contributed by atoms with Crippen molar-refractivity contribution in [2.45, 2.75) is 91.0 Å². The van der Waals surface area contributed by atoms with E-state index in [2.05, 4.69) is 90.0 Å². The first-order valence-electron chi connectivity index (χ1n) is 11.3. The number of carbonyl (C=O) groups is 1. The molecule has 0 unspecified atom stereocenters. The third-order valence-electron chi connectivity index (χ3n) is 6.58. The smallest absolute Gasteiger partial charge is 0.232 e. The number of hydrogen-bond donors (Lipinski definition) is 0. The van der Waals surface area contributed by atoms with E-state index in [0.29, 0.717) is 0 Å². The Kier molecular flexibility index (Phi) is 7.81. The van der Waals surface area contributed by atoms with Gasteiger partial charge in [-0.3, -0.25) is 4.79 Å². The van der Waals surface area contributed by atoms with Gasteiger partial charge in [0.15, 0.2) is 8.32 Å². The molecule has 2 aliphatic rings. The van der Waals surface area contributed by atoms with Crippen molar-refractivity contribution in [2.75, 3.05) is 6.54 Å². The van der Waals surface area contributed by atoms with E-state index in [-0.39, 0.29) is 29.4 Å². The summed E-state index contributed by atoms with van der Waals surface area (Å²) >= 11 is 0. The minimum atomic E-state index is -1.75. The van der Waals surface area contributed by atoms with E-state index in [1.165, 1.54) is 0 Å². The highest BCUT2D eigenvalue weighted by atomic mass is 28.4. The average Bonchev–Trinajstić information content (AvgIpc) is 2.67. The van der Waals surface area contributed by atoms with Crippen molar-refractivity contribution in [1.82, 2.24) is 4.90 Å². The zero-order valence-corrected chi connectivity index (χ0v) is 21.8. The zero-order chi connectivity index (χ0) is 21.9. The van der Waals surface area contributed by atoms with Gasteiger partial charge in [-0.25, -0.2) is 0 Å². The molecule has 2 rings (SSSR count). The van der Waals surface area contributed by atoms with Crippen molar-refractivity contribution in [3.05, 3.63) is 24.3 Å². The van der Waals surface area contributed by atoms with Crippen LogP contribution in [0.25, 0.3) is 0 Å². The predicted molar refractivity (Wildman–Crippen MR) is 129 cm³/mol. The number of hydrogen-bond acceptors (Lipinski definition) is 2. The normalized spacial score (nSPS) is 28.0. The molecule has 0 bridgehead atoms. The van der Waals surface area contributed by atoms with Crippen LogP contribution in [0.3, 0.4) is 0 Å². The van der Waals surface area contributed by atoms with Gasteiger partial charge >= 0.3 is 0 Å². The predicted octanol–water partition coefficient (Wildman–Crippen LogP) is 5.63. The minimum absolute atomic E-state index is 0.00662. The molecule has 1 heterocycles. The highest BCUT2D eigenvalue weighted by Gasteiger charge is 2.52. The van der Waals surface area contributed by atoms with Crippen LogP contribution in [0.5, 0.6) is 0 Å². The lowest BCUT2D eigenvalue weighted by Gasteiger charge is -2.51. The molecule has 0 aromatic heterocycles. The summed E-state index contributed by atoms with van der Waals surface area (Å²) in [4.78, 5) is 15.3. The Bertz CT molecular complexity index is 700. The van der Waals surface area contributed by atoms with Crippen molar-refractivity contribution in [3.8, 4) is 11.5 Å². The van der Waals surface area contributed by atoms with Crippen molar-refractivity contribution in [2.24, 2.45) is 11.3 Å². The molecule has 162 valence electrons. The summed E-state index contributed by atoms with van der Waals surface area (Å²) in [6.07, 6.45) is 9.53. The van der Waals surface area contributed by atoms with Crippen molar-refractivity contribution in [3.63, 3.8) is 0 Å². The van der Waals surface area contributed by atoms with Crippen molar-refractivity contribution < 1.29 is 9.22 Å². The maximum Gasteiger partial charge on any atom is 0.232 e. The van der Waals surface area contributed by atoms with E-state index >= 15 is 0 Å². The molecule has 4 atom stereocenters. The molecule has 1 saturated heterocycles. The quantitative estimate of drug-likeness (QED) is 0.283. The molecule has 0 saturated carbocycles. The Morgan fingerprint density at radius 1 is 1.21 bits per heavy atom. The summed E-state index contributed by atoms with van der Waals surface area (Å²) in [6.45, 7) is 18.6. The molecule has 29 heavy (non-hydrogen) atoms. The van der Waals surface area contributed by atoms with Crippen LogP contribution in [0.2, 0.25) is 37.8 Å². The molecule has 1 aliphatic heterocycles. The highest BCUT2D eigenvalue weighted by molar-refractivity contribution is 6.83. The molecule has 3 nitrogen and oxygen atoms in total. The van der Waals surface area contributed by atoms with E-state index < -0.39 is 16.4 Å². The van der Waals surface area contributed by atoms with Gasteiger partial charge in [-0.1, -0.05) is 77.6 Å². The molecule has 0 aromatic carbocycles. The number of β-lactam (4-membered cyclic amide) rings is 1. The lowest BCUT2D eigenvalue weighted by Crippen LogP contribution is -2.66. The average molecular weight is 432 g/mol. The first kappa shape index (κ1) is 24.2. The Morgan fingerprint density at radius 3 is 2.31 bits per heavy atom. The van der Waals surface area contributed by atoms with Crippen LogP contribution in [0, 0.1) is 22.8 Å². The van der Waals surface area contributed by atoms with Gasteiger partial charge in [-0.05, 0) is 31.5 Å². The summed E-state index contributed by atoms with van der Waals surface area (Å²) in [6, 6.07) is 3.30. The summed E-state index contributed by atoms with van der Waals surface area (Å²) < 4.78 is 6.70. The van der Waals surface area contributed by atoms with E-state index in [1.807, 2.05) is 4.90 Å². The van der Waals surface area contributed by atoms with Crippen LogP contribution in [-0.2, 0) is 9.22 Å². The van der Waals surface area contributed by atoms with E-state index in [1.54, 1.807) is 0 Å². The molecule has 0 aromatic rings. The van der Waals surface area contributed by atoms with Gasteiger partial charge in [0.25, 0.3) is 0 Å². The molecule has 0 spiro atoms. The van der Waals surface area contributed by atoms with Gasteiger partial charge in [0.1, 0.15) is 14.1 Å². The van der Waals surface area contributed by atoms with Gasteiger partial charge in [0.05, 0.1) is 12.0 Å². The maximum absolute atomic E-state index is 13.3. The van der Waals surface area contributed by atoms with Crippen molar-refractivity contribution >= 4 is 22.3 Å². The standard InChI is InChI=1S/C24H41NO2Si2/c1-9-29(10-2,11-3)27-20(4)22-21(15-18-28(6,7)8)25(23(22)26)19-24(5)16-13-12-14-17-24/h12-14,16,20-22H,9-11,17,19H2,1-8H3/t20-,21+,22-,24-/m1/s1. The third-order valence-corrected chi connectivity index (χ3v) is 12.2. The van der Waals surface area contributed by atoms with Gasteiger partial charge in [-0.2, -0.15) is 0 Å². The van der Waals surface area contributed by atoms with Crippen LogP contribution < -0.4 is 0 Å². The van der Waals surface area contributed by atoms with Gasteiger partial charge in [0.2, 0.25) is 5.91 Å². The lowest BCUT2D eigenvalue weighted by atomic mass is 9.78. The monoisotopic (exact) mass is 431 g/mol. The fraction of sp³-hybridized carbons (Fsp3) is 0.708. The molecule has 1 fully saturated rings. The zero-order valence-electron chi connectivity index (χ0n) is 19.8. The Labute approximate surface area is 181 Å². The van der Waals surface area contributed by atoms with Crippen molar-refractivity contribution in [1.29, 1.82) is 0 Å². The molecular formula is C24H41NO2Si2. The lowest BCUT2D eigenvalue weighted by molar-refractivity contribution is -0.160. The Hall–Kier alpha value is -1.10. The topological polar surface area (TPSA) is 29.5 Å². The first-order valence-corrected chi connectivity index (χ1v) is 17.4. The van der Waals surface area contributed by atoms with Gasteiger partial charge in [0, 0.05) is 12.0 Å². The second kappa shape index (κ2) is 9.37. The summed E-state index contributed by atoms with van der Waals surface area (Å²) in [5.74, 6) is 3.63. The fourth-order valence-electron chi connectivity index (χ4n) is 4.41. The van der Waals surface area contributed by atoms with E-state index in [0.717, 1.165) is 31.1 Å². The van der Waals surface area contributed by atoms with Gasteiger partial charge < -0.3 is 9.33 Å². The number of amides is 1. The largest absolute Gasteiger partial charge is 0.413 e. The molecule has 1 amide bonds. The molecule has 0 radical (unpaired) electrons. The fourth-order valence-corrected chi connectivity index (χ4v) is 7.93. The number of carbonyl (C=O) groups excluding carboxylic acids is 1. The number of likely N-dealkylation sites (tertiary alicyclic amines) is 1. The molecule has 5 heteroatoms. The number of nitrogens with zero attached hydrogens (tertiary/aromatic N) is 1. The molecule has 1 aliphatic carbocycles. The van der Waals surface area contributed by atoms with Crippen LogP contribution in [0.15, 0.2) is 24.3 Å². The number of rotatable bonds is 8. The van der Waals surface area contributed by atoms with E-state index in [9.17, 15) is 4.79 Å². The second-order valence-electron chi connectivity index (χ2n) is 10.2. The first-order chi connectivity index (χ1) is 13.5. The SMILES string of the molecule is CC[Si](CC)(CC)O[C@H](C)[C@H]1C(=O)N(C[C@]2(C)C=CC=CC2)[C@H]1C#C[Si](C)(C)C. The third kappa shape index (κ3) is 5.74. The van der Waals surface area contributed by atoms with Crippen LogP contribution in [-0.4, -0.2) is 45.9 Å². The van der Waals surface area contributed by atoms with Crippen LogP contribution in [0.1, 0.15) is 41.0 Å². The Balaban J connectivity index is 2.24. The number of allylic oxidation sites excluding steroid dienone is 3.